The Bertz CT molecular complexity index is 915. The zero-order valence-corrected chi connectivity index (χ0v) is 17.4. The van der Waals surface area contributed by atoms with Crippen molar-refractivity contribution in [3.05, 3.63) is 60.2 Å². The van der Waals surface area contributed by atoms with Gasteiger partial charge < -0.3 is 9.64 Å². The van der Waals surface area contributed by atoms with Gasteiger partial charge in [-0.25, -0.2) is 8.42 Å². The summed E-state index contributed by atoms with van der Waals surface area (Å²) in [5, 5.41) is -0.565. The maximum atomic E-state index is 12.7. The number of amides is 1. The van der Waals surface area contributed by atoms with Crippen molar-refractivity contribution in [2.24, 2.45) is 0 Å². The highest BCUT2D eigenvalue weighted by molar-refractivity contribution is 7.92. The molecule has 0 aliphatic carbocycles. The minimum Gasteiger partial charge on any atom is -0.484 e. The van der Waals surface area contributed by atoms with Crippen LogP contribution in [0.15, 0.2) is 59.5 Å². The molecular formula is C22H27NO4S. The Morgan fingerprint density at radius 2 is 1.71 bits per heavy atom. The lowest BCUT2D eigenvalue weighted by Gasteiger charge is -2.20. The Morgan fingerprint density at radius 3 is 2.32 bits per heavy atom. The molecular weight excluding hydrogens is 374 g/mol. The molecule has 2 aromatic carbocycles. The van der Waals surface area contributed by atoms with Crippen LogP contribution in [-0.2, 0) is 20.0 Å². The summed E-state index contributed by atoms with van der Waals surface area (Å²) in [5.41, 5.74) is 1.25. The Hall–Kier alpha value is -2.34. The largest absolute Gasteiger partial charge is 0.484 e. The van der Waals surface area contributed by atoms with Gasteiger partial charge in [0.15, 0.2) is 16.4 Å². The van der Waals surface area contributed by atoms with Crippen molar-refractivity contribution in [3.63, 3.8) is 0 Å². The van der Waals surface area contributed by atoms with Gasteiger partial charge in [-0.1, -0.05) is 51.1 Å². The summed E-state index contributed by atoms with van der Waals surface area (Å²) in [4.78, 5) is 14.3. The topological polar surface area (TPSA) is 63.7 Å². The fraction of sp³-hybridized carbons (Fsp3) is 0.409. The number of sulfone groups is 1. The number of ether oxygens (including phenoxy) is 1. The molecule has 1 atom stereocenters. The molecule has 1 aliphatic rings. The number of hydrogen-bond donors (Lipinski definition) is 0. The zero-order valence-electron chi connectivity index (χ0n) is 16.6. The molecule has 1 fully saturated rings. The monoisotopic (exact) mass is 401 g/mol. The van der Waals surface area contributed by atoms with Crippen LogP contribution >= 0.6 is 0 Å². The summed E-state index contributed by atoms with van der Waals surface area (Å²) in [7, 11) is -3.43. The SMILES string of the molecule is CC(C)(C)c1ccc(OCC(=O)N2CCC(S(=O)(=O)c3ccccc3)C2)cc1. The van der Waals surface area contributed by atoms with Crippen molar-refractivity contribution in [3.8, 4) is 5.75 Å². The second-order valence-corrected chi connectivity index (χ2v) is 10.4. The first-order valence-electron chi connectivity index (χ1n) is 9.48. The first kappa shape index (κ1) is 20.4. The Kier molecular flexibility index (Phi) is 5.79. The Balaban J connectivity index is 1.56. The quantitative estimate of drug-likeness (QED) is 0.770. The molecule has 28 heavy (non-hydrogen) atoms. The minimum atomic E-state index is -3.43. The summed E-state index contributed by atoms with van der Waals surface area (Å²) < 4.78 is 31.1. The summed E-state index contributed by atoms with van der Waals surface area (Å²) >= 11 is 0. The lowest BCUT2D eigenvalue weighted by molar-refractivity contribution is -0.132. The van der Waals surface area contributed by atoms with E-state index in [1.807, 2.05) is 24.3 Å². The molecule has 1 saturated heterocycles. The highest BCUT2D eigenvalue weighted by Gasteiger charge is 2.36. The Morgan fingerprint density at radius 1 is 1.07 bits per heavy atom. The van der Waals surface area contributed by atoms with Crippen molar-refractivity contribution in [1.82, 2.24) is 4.90 Å². The number of rotatable bonds is 5. The molecule has 5 nitrogen and oxygen atoms in total. The van der Waals surface area contributed by atoms with Gasteiger partial charge in [0.25, 0.3) is 5.91 Å². The third-order valence-electron chi connectivity index (χ3n) is 5.09. The highest BCUT2D eigenvalue weighted by Crippen LogP contribution is 2.25. The highest BCUT2D eigenvalue weighted by atomic mass is 32.2. The van der Waals surface area contributed by atoms with Gasteiger partial charge in [0.1, 0.15) is 5.75 Å². The predicted molar refractivity (Wildman–Crippen MR) is 109 cm³/mol. The average Bonchev–Trinajstić information content (AvgIpc) is 3.17. The van der Waals surface area contributed by atoms with Gasteiger partial charge in [-0.15, -0.1) is 0 Å². The van der Waals surface area contributed by atoms with Gasteiger partial charge in [0.05, 0.1) is 10.1 Å². The molecule has 1 aliphatic heterocycles. The second-order valence-electron chi connectivity index (χ2n) is 8.17. The van der Waals surface area contributed by atoms with Crippen molar-refractivity contribution in [2.75, 3.05) is 19.7 Å². The second kappa shape index (κ2) is 7.95. The van der Waals surface area contributed by atoms with E-state index < -0.39 is 15.1 Å². The van der Waals surface area contributed by atoms with Crippen LogP contribution in [0.5, 0.6) is 5.75 Å². The molecule has 1 heterocycles. The van der Waals surface area contributed by atoms with Gasteiger partial charge in [0.2, 0.25) is 0 Å². The molecule has 0 radical (unpaired) electrons. The lowest BCUT2D eigenvalue weighted by Crippen LogP contribution is -2.35. The number of hydrogen-bond acceptors (Lipinski definition) is 4. The minimum absolute atomic E-state index is 0.0587. The standard InChI is InChI=1S/C22H27NO4S/c1-22(2,3)17-9-11-18(12-10-17)27-16-21(24)23-14-13-20(15-23)28(25,26)19-7-5-4-6-8-19/h4-12,20H,13-16H2,1-3H3. The number of benzene rings is 2. The van der Waals surface area contributed by atoms with Crippen LogP contribution in [0.3, 0.4) is 0 Å². The van der Waals surface area contributed by atoms with Crippen LogP contribution < -0.4 is 4.74 Å². The smallest absolute Gasteiger partial charge is 0.260 e. The van der Waals surface area contributed by atoms with Crippen molar-refractivity contribution in [1.29, 1.82) is 0 Å². The van der Waals surface area contributed by atoms with E-state index in [-0.39, 0.29) is 24.5 Å². The molecule has 3 rings (SSSR count). The molecule has 0 spiro atoms. The van der Waals surface area contributed by atoms with E-state index in [0.29, 0.717) is 23.6 Å². The maximum Gasteiger partial charge on any atom is 0.260 e. The Labute approximate surface area is 167 Å². The van der Waals surface area contributed by atoms with Crippen LogP contribution in [0.1, 0.15) is 32.8 Å². The van der Waals surface area contributed by atoms with E-state index >= 15 is 0 Å². The average molecular weight is 402 g/mol. The van der Waals surface area contributed by atoms with Crippen molar-refractivity contribution in [2.45, 2.75) is 42.8 Å². The lowest BCUT2D eigenvalue weighted by atomic mass is 9.87. The van der Waals surface area contributed by atoms with Gasteiger partial charge in [-0.05, 0) is 41.7 Å². The predicted octanol–water partition coefficient (Wildman–Crippen LogP) is 3.44. The third-order valence-corrected chi connectivity index (χ3v) is 7.28. The summed E-state index contributed by atoms with van der Waals surface area (Å²) in [6.07, 6.45) is 0.448. The van der Waals surface area contributed by atoms with E-state index in [1.54, 1.807) is 35.2 Å². The summed E-state index contributed by atoms with van der Waals surface area (Å²) in [5.74, 6) is 0.444. The molecule has 0 aromatic heterocycles. The van der Waals surface area contributed by atoms with Crippen LogP contribution in [0.4, 0.5) is 0 Å². The maximum absolute atomic E-state index is 12.7. The molecule has 0 saturated carbocycles. The molecule has 1 unspecified atom stereocenters. The molecule has 0 N–H and O–H groups in total. The first-order valence-corrected chi connectivity index (χ1v) is 11.0. The molecule has 6 heteroatoms. The van der Waals surface area contributed by atoms with Gasteiger partial charge in [-0.3, -0.25) is 4.79 Å². The van der Waals surface area contributed by atoms with Crippen LogP contribution in [0.2, 0.25) is 0 Å². The first-order chi connectivity index (χ1) is 13.2. The van der Waals surface area contributed by atoms with Crippen LogP contribution in [0, 0.1) is 0 Å². The molecule has 0 bridgehead atoms. The number of likely N-dealkylation sites (tertiary alicyclic amines) is 1. The van der Waals surface area contributed by atoms with Crippen LogP contribution in [0.25, 0.3) is 0 Å². The van der Waals surface area contributed by atoms with Crippen molar-refractivity contribution < 1.29 is 17.9 Å². The fourth-order valence-electron chi connectivity index (χ4n) is 3.30. The van der Waals surface area contributed by atoms with Crippen LogP contribution in [-0.4, -0.2) is 44.2 Å². The van der Waals surface area contributed by atoms with E-state index in [0.717, 1.165) is 0 Å². The number of carbonyl (C=O) groups is 1. The van der Waals surface area contributed by atoms with Gasteiger partial charge in [0, 0.05) is 13.1 Å². The normalized spacial score (nSPS) is 17.5. The number of nitrogens with zero attached hydrogens (tertiary/aromatic N) is 1. The molecule has 2 aromatic rings. The summed E-state index contributed by atoms with van der Waals surface area (Å²) in [6, 6.07) is 16.1. The van der Waals surface area contributed by atoms with E-state index in [4.69, 9.17) is 4.74 Å². The summed E-state index contributed by atoms with van der Waals surface area (Å²) in [6.45, 7) is 6.97. The van der Waals surface area contributed by atoms with Gasteiger partial charge >= 0.3 is 0 Å². The third kappa shape index (κ3) is 4.55. The van der Waals surface area contributed by atoms with Crippen molar-refractivity contribution >= 4 is 15.7 Å². The van der Waals surface area contributed by atoms with Gasteiger partial charge in [-0.2, -0.15) is 0 Å². The zero-order chi connectivity index (χ0) is 20.4. The molecule has 1 amide bonds. The van der Waals surface area contributed by atoms with E-state index in [2.05, 4.69) is 20.8 Å². The molecule has 150 valence electrons. The fourth-order valence-corrected chi connectivity index (χ4v) is 5.01. The number of carbonyl (C=O) groups excluding carboxylic acids is 1. The van der Waals surface area contributed by atoms with E-state index in [9.17, 15) is 13.2 Å². The van der Waals surface area contributed by atoms with E-state index in [1.165, 1.54) is 5.56 Å².